The summed E-state index contributed by atoms with van der Waals surface area (Å²) >= 11 is 0. The lowest BCUT2D eigenvalue weighted by molar-refractivity contribution is 0.104. The van der Waals surface area contributed by atoms with Crippen LogP contribution < -0.4 is 5.06 Å². The Morgan fingerprint density at radius 1 is 0.893 bits per heavy atom. The van der Waals surface area contributed by atoms with E-state index in [1.807, 2.05) is 66.7 Å². The van der Waals surface area contributed by atoms with Crippen molar-refractivity contribution in [3.8, 4) is 0 Å². The van der Waals surface area contributed by atoms with Crippen LogP contribution in [0.3, 0.4) is 0 Å². The Balaban J connectivity index is 1.62. The third kappa shape index (κ3) is 3.40. The molecule has 0 fully saturated rings. The predicted molar refractivity (Wildman–Crippen MR) is 115 cm³/mol. The average Bonchev–Trinajstić information content (AvgIpc) is 2.76. The quantitative estimate of drug-likeness (QED) is 0.261. The molecule has 4 aromatic rings. The van der Waals surface area contributed by atoms with Crippen molar-refractivity contribution in [3.05, 3.63) is 102 Å². The van der Waals surface area contributed by atoms with Gasteiger partial charge in [-0.2, -0.15) is 0 Å². The number of aryl methyl sites for hydroxylation is 1. The van der Waals surface area contributed by atoms with E-state index in [-0.39, 0.29) is 5.78 Å². The Labute approximate surface area is 164 Å². The van der Waals surface area contributed by atoms with Crippen LogP contribution in [-0.2, 0) is 6.42 Å². The van der Waals surface area contributed by atoms with Crippen molar-refractivity contribution < 1.29 is 10.0 Å². The van der Waals surface area contributed by atoms with Gasteiger partial charge < -0.3 is 0 Å². The minimum absolute atomic E-state index is 0.149. The zero-order valence-corrected chi connectivity index (χ0v) is 15.7. The van der Waals surface area contributed by atoms with E-state index in [4.69, 9.17) is 0 Å². The number of allylic oxidation sites excluding steroid dienone is 1. The molecule has 3 heteroatoms. The molecule has 0 bridgehead atoms. The molecule has 0 aromatic heterocycles. The number of rotatable bonds is 5. The Kier molecular flexibility index (Phi) is 4.92. The molecule has 0 spiro atoms. The Bertz CT molecular complexity index is 1190. The summed E-state index contributed by atoms with van der Waals surface area (Å²) in [6.45, 7) is 2.06. The van der Waals surface area contributed by atoms with Crippen molar-refractivity contribution in [2.24, 2.45) is 0 Å². The lowest BCUT2D eigenvalue weighted by Crippen LogP contribution is -2.12. The number of carbonyl (C=O) groups is 1. The summed E-state index contributed by atoms with van der Waals surface area (Å²) in [7, 11) is 0. The van der Waals surface area contributed by atoms with E-state index in [2.05, 4.69) is 19.1 Å². The third-order valence-corrected chi connectivity index (χ3v) is 5.02. The van der Waals surface area contributed by atoms with E-state index in [1.165, 1.54) is 12.3 Å². The number of nitrogens with zero attached hydrogens (tertiary/aromatic N) is 1. The molecule has 0 aliphatic rings. The molecule has 138 valence electrons. The molecular formula is C25H21NO2. The fourth-order valence-corrected chi connectivity index (χ4v) is 3.57. The standard InChI is InChI=1S/C25H21NO2/c1-2-22-23-10-6-5-8-19(23)13-14-24(22)26(28)16-15-25(27)21-12-11-18-7-3-4-9-20(18)17-21/h3-17,28H,2H2,1H3/b16-15-. The number of ketones is 1. The minimum atomic E-state index is -0.149. The van der Waals surface area contributed by atoms with Gasteiger partial charge in [0, 0.05) is 17.8 Å². The minimum Gasteiger partial charge on any atom is -0.289 e. The van der Waals surface area contributed by atoms with Crippen molar-refractivity contribution in [3.63, 3.8) is 0 Å². The highest BCUT2D eigenvalue weighted by Gasteiger charge is 2.10. The Morgan fingerprint density at radius 2 is 1.57 bits per heavy atom. The van der Waals surface area contributed by atoms with Crippen LogP contribution in [0.1, 0.15) is 22.8 Å². The lowest BCUT2D eigenvalue weighted by Gasteiger charge is -2.18. The number of fused-ring (bicyclic) bond motifs is 2. The van der Waals surface area contributed by atoms with Crippen LogP contribution in [-0.4, -0.2) is 11.0 Å². The van der Waals surface area contributed by atoms with Gasteiger partial charge >= 0.3 is 0 Å². The largest absolute Gasteiger partial charge is 0.289 e. The topological polar surface area (TPSA) is 40.5 Å². The van der Waals surface area contributed by atoms with E-state index >= 15 is 0 Å². The number of hydrogen-bond donors (Lipinski definition) is 1. The maximum absolute atomic E-state index is 12.6. The third-order valence-electron chi connectivity index (χ3n) is 5.02. The monoisotopic (exact) mass is 367 g/mol. The van der Waals surface area contributed by atoms with Gasteiger partial charge in [-0.3, -0.25) is 10.0 Å². The van der Waals surface area contributed by atoms with Gasteiger partial charge in [0.25, 0.3) is 0 Å². The summed E-state index contributed by atoms with van der Waals surface area (Å²) in [4.78, 5) is 12.6. The predicted octanol–water partition coefficient (Wildman–Crippen LogP) is 6.15. The fourth-order valence-electron chi connectivity index (χ4n) is 3.57. The summed E-state index contributed by atoms with van der Waals surface area (Å²) in [5.74, 6) is -0.149. The zero-order chi connectivity index (χ0) is 19.5. The molecule has 0 aliphatic heterocycles. The molecule has 28 heavy (non-hydrogen) atoms. The molecule has 0 atom stereocenters. The molecule has 0 aliphatic carbocycles. The van der Waals surface area contributed by atoms with Crippen LogP contribution in [0.5, 0.6) is 0 Å². The first-order chi connectivity index (χ1) is 13.7. The maximum atomic E-state index is 12.6. The molecule has 3 nitrogen and oxygen atoms in total. The molecule has 0 amide bonds. The van der Waals surface area contributed by atoms with Gasteiger partial charge in [-0.25, -0.2) is 5.06 Å². The van der Waals surface area contributed by atoms with Crippen molar-refractivity contribution in [1.82, 2.24) is 0 Å². The van der Waals surface area contributed by atoms with Gasteiger partial charge in [0.05, 0.1) is 5.69 Å². The summed E-state index contributed by atoms with van der Waals surface area (Å²) in [6, 6.07) is 25.5. The molecule has 4 rings (SSSR count). The van der Waals surface area contributed by atoms with Gasteiger partial charge in [-0.15, -0.1) is 0 Å². The molecule has 0 heterocycles. The molecule has 1 N–H and O–H groups in total. The average molecular weight is 367 g/mol. The van der Waals surface area contributed by atoms with Crippen LogP contribution in [0.4, 0.5) is 5.69 Å². The highest BCUT2D eigenvalue weighted by molar-refractivity contribution is 6.07. The first kappa shape index (κ1) is 18.0. The molecular weight excluding hydrogens is 346 g/mol. The van der Waals surface area contributed by atoms with Gasteiger partial charge in [-0.1, -0.05) is 73.7 Å². The Morgan fingerprint density at radius 3 is 2.36 bits per heavy atom. The number of hydroxylamine groups is 1. The van der Waals surface area contributed by atoms with Crippen LogP contribution in [0.15, 0.2) is 91.1 Å². The molecule has 0 saturated carbocycles. The summed E-state index contributed by atoms with van der Waals surface area (Å²) < 4.78 is 0. The zero-order valence-electron chi connectivity index (χ0n) is 15.7. The number of hydrogen-bond acceptors (Lipinski definition) is 3. The summed E-state index contributed by atoms with van der Waals surface area (Å²) in [6.07, 6.45) is 3.60. The van der Waals surface area contributed by atoms with Crippen molar-refractivity contribution >= 4 is 33.0 Å². The van der Waals surface area contributed by atoms with Crippen molar-refractivity contribution in [2.45, 2.75) is 13.3 Å². The van der Waals surface area contributed by atoms with Gasteiger partial charge in [0.2, 0.25) is 0 Å². The van der Waals surface area contributed by atoms with Gasteiger partial charge in [0.1, 0.15) is 0 Å². The molecule has 0 unspecified atom stereocenters. The smallest absolute Gasteiger partial charge is 0.187 e. The second-order valence-corrected chi connectivity index (χ2v) is 6.72. The second kappa shape index (κ2) is 7.67. The van der Waals surface area contributed by atoms with Crippen LogP contribution in [0.25, 0.3) is 21.5 Å². The van der Waals surface area contributed by atoms with E-state index in [0.29, 0.717) is 11.3 Å². The molecule has 0 radical (unpaired) electrons. The lowest BCUT2D eigenvalue weighted by atomic mass is 10.0. The highest BCUT2D eigenvalue weighted by Crippen LogP contribution is 2.29. The van der Waals surface area contributed by atoms with E-state index in [1.54, 1.807) is 0 Å². The summed E-state index contributed by atoms with van der Waals surface area (Å²) in [5.41, 5.74) is 2.32. The first-order valence-electron chi connectivity index (χ1n) is 9.37. The fraction of sp³-hybridized carbons (Fsp3) is 0.0800. The van der Waals surface area contributed by atoms with E-state index in [0.717, 1.165) is 38.6 Å². The van der Waals surface area contributed by atoms with E-state index < -0.39 is 0 Å². The van der Waals surface area contributed by atoms with E-state index in [9.17, 15) is 10.0 Å². The van der Waals surface area contributed by atoms with Gasteiger partial charge in [-0.05, 0) is 45.7 Å². The first-order valence-corrected chi connectivity index (χ1v) is 9.37. The SMILES string of the molecule is CCc1c(N(O)/C=C\C(=O)c2ccc3ccccc3c2)ccc2ccccc12. The normalized spacial score (nSPS) is 11.4. The number of carbonyl (C=O) groups excluding carboxylic acids is 1. The second-order valence-electron chi connectivity index (χ2n) is 6.72. The Hall–Kier alpha value is -3.43. The highest BCUT2D eigenvalue weighted by atomic mass is 16.5. The van der Waals surface area contributed by atoms with Crippen molar-refractivity contribution in [2.75, 3.05) is 5.06 Å². The molecule has 4 aromatic carbocycles. The number of anilines is 1. The van der Waals surface area contributed by atoms with Crippen LogP contribution >= 0.6 is 0 Å². The van der Waals surface area contributed by atoms with Crippen molar-refractivity contribution in [1.29, 1.82) is 0 Å². The van der Waals surface area contributed by atoms with Crippen LogP contribution in [0, 0.1) is 0 Å². The maximum Gasteiger partial charge on any atom is 0.187 e. The molecule has 0 saturated heterocycles. The van der Waals surface area contributed by atoms with Crippen LogP contribution in [0.2, 0.25) is 0 Å². The number of benzene rings is 4. The van der Waals surface area contributed by atoms with Gasteiger partial charge in [0.15, 0.2) is 5.78 Å². The summed E-state index contributed by atoms with van der Waals surface area (Å²) in [5, 5.41) is 15.9.